The van der Waals surface area contributed by atoms with Gasteiger partial charge in [0.15, 0.2) is 0 Å². The summed E-state index contributed by atoms with van der Waals surface area (Å²) in [4.78, 5) is 12.4. The first-order valence-corrected chi connectivity index (χ1v) is 8.09. The highest BCUT2D eigenvalue weighted by molar-refractivity contribution is 5.94. The van der Waals surface area contributed by atoms with Gasteiger partial charge in [0.05, 0.1) is 0 Å². The van der Waals surface area contributed by atoms with Gasteiger partial charge in [-0.25, -0.2) is 0 Å². The molecule has 26 heavy (non-hydrogen) atoms. The Bertz CT molecular complexity index is 875. The van der Waals surface area contributed by atoms with Crippen LogP contribution in [-0.4, -0.2) is 17.1 Å². The van der Waals surface area contributed by atoms with Crippen molar-refractivity contribution in [1.82, 2.24) is 9.88 Å². The minimum absolute atomic E-state index is 0.0879. The molecule has 0 aliphatic rings. The van der Waals surface area contributed by atoms with E-state index < -0.39 is 6.61 Å². The van der Waals surface area contributed by atoms with Crippen molar-refractivity contribution in [3.63, 3.8) is 0 Å². The average molecular weight is 356 g/mol. The Kier molecular flexibility index (Phi) is 5.31. The van der Waals surface area contributed by atoms with Crippen LogP contribution in [0.15, 0.2) is 67.0 Å². The second-order valence-electron chi connectivity index (χ2n) is 5.80. The summed E-state index contributed by atoms with van der Waals surface area (Å²) in [7, 11) is 0. The van der Waals surface area contributed by atoms with Crippen LogP contribution in [0.2, 0.25) is 0 Å². The first-order chi connectivity index (χ1) is 12.5. The van der Waals surface area contributed by atoms with Crippen LogP contribution in [0.3, 0.4) is 0 Å². The van der Waals surface area contributed by atoms with Gasteiger partial charge in [0.2, 0.25) is 0 Å². The summed E-state index contributed by atoms with van der Waals surface area (Å²) in [6.07, 6.45) is 3.85. The van der Waals surface area contributed by atoms with Gasteiger partial charge in [0, 0.05) is 30.2 Å². The number of ether oxygens (including phenoxy) is 1. The predicted molar refractivity (Wildman–Crippen MR) is 94.8 cm³/mol. The third kappa shape index (κ3) is 4.27. The maximum Gasteiger partial charge on any atom is 0.387 e. The quantitative estimate of drug-likeness (QED) is 0.715. The lowest BCUT2D eigenvalue weighted by Gasteiger charge is -2.11. The molecule has 1 heterocycles. The molecule has 1 aromatic heterocycles. The van der Waals surface area contributed by atoms with E-state index in [4.69, 9.17) is 0 Å². The van der Waals surface area contributed by atoms with Gasteiger partial charge < -0.3 is 14.6 Å². The van der Waals surface area contributed by atoms with E-state index >= 15 is 0 Å². The van der Waals surface area contributed by atoms with Crippen LogP contribution in [0.4, 0.5) is 8.78 Å². The second-order valence-corrected chi connectivity index (χ2v) is 5.80. The molecule has 3 rings (SSSR count). The number of amides is 1. The van der Waals surface area contributed by atoms with Crippen LogP contribution in [0.1, 0.15) is 21.5 Å². The number of carbonyl (C=O) groups excluding carboxylic acids is 1. The molecule has 0 spiro atoms. The molecule has 6 heteroatoms. The average Bonchev–Trinajstić information content (AvgIpc) is 3.15. The zero-order valence-electron chi connectivity index (χ0n) is 14.2. The van der Waals surface area contributed by atoms with E-state index in [9.17, 15) is 13.6 Å². The Morgan fingerprint density at radius 1 is 1.12 bits per heavy atom. The molecular formula is C20H18F2N2O2. The van der Waals surface area contributed by atoms with Crippen LogP contribution < -0.4 is 10.1 Å². The summed E-state index contributed by atoms with van der Waals surface area (Å²) in [6.45, 7) is -0.572. The number of hydrogen-bond donors (Lipinski definition) is 1. The van der Waals surface area contributed by atoms with Gasteiger partial charge in [-0.15, -0.1) is 0 Å². The van der Waals surface area contributed by atoms with Crippen molar-refractivity contribution >= 4 is 5.91 Å². The summed E-state index contributed by atoms with van der Waals surface area (Å²) >= 11 is 0. The van der Waals surface area contributed by atoms with Crippen molar-refractivity contribution in [3.8, 4) is 11.4 Å². The predicted octanol–water partition coefficient (Wildman–Crippen LogP) is 4.32. The number of rotatable bonds is 6. The summed E-state index contributed by atoms with van der Waals surface area (Å²) < 4.78 is 30.5. The minimum atomic E-state index is -2.85. The normalized spacial score (nSPS) is 10.8. The van der Waals surface area contributed by atoms with Crippen molar-refractivity contribution in [2.24, 2.45) is 0 Å². The smallest absolute Gasteiger partial charge is 0.387 e. The van der Waals surface area contributed by atoms with Gasteiger partial charge in [-0.1, -0.05) is 18.2 Å². The number of nitrogens with one attached hydrogen (secondary N) is 1. The van der Waals surface area contributed by atoms with Gasteiger partial charge >= 0.3 is 6.61 Å². The lowest BCUT2D eigenvalue weighted by Crippen LogP contribution is -2.23. The lowest BCUT2D eigenvalue weighted by atomic mass is 10.1. The molecule has 0 saturated carbocycles. The minimum Gasteiger partial charge on any atom is -0.435 e. The van der Waals surface area contributed by atoms with E-state index in [1.807, 2.05) is 48.1 Å². The molecule has 0 unspecified atom stereocenters. The van der Waals surface area contributed by atoms with E-state index in [1.165, 1.54) is 12.1 Å². The Labute approximate surface area is 150 Å². The first kappa shape index (κ1) is 17.7. The number of aryl methyl sites for hydroxylation is 1. The van der Waals surface area contributed by atoms with Crippen LogP contribution >= 0.6 is 0 Å². The number of nitrogens with zero attached hydrogens (tertiary/aromatic N) is 1. The number of carbonyl (C=O) groups is 1. The topological polar surface area (TPSA) is 43.3 Å². The van der Waals surface area contributed by atoms with Gasteiger partial charge in [-0.05, 0) is 54.4 Å². The van der Waals surface area contributed by atoms with Gasteiger partial charge in [0.25, 0.3) is 5.91 Å². The lowest BCUT2D eigenvalue weighted by molar-refractivity contribution is -0.0498. The maximum atomic E-state index is 12.4. The van der Waals surface area contributed by atoms with Crippen molar-refractivity contribution in [2.75, 3.05) is 0 Å². The Hall–Kier alpha value is -3.15. The first-order valence-electron chi connectivity index (χ1n) is 8.09. The Balaban J connectivity index is 1.66. The summed E-state index contributed by atoms with van der Waals surface area (Å²) in [5.41, 5.74) is 3.35. The molecule has 3 aromatic rings. The van der Waals surface area contributed by atoms with Crippen molar-refractivity contribution in [1.29, 1.82) is 0 Å². The van der Waals surface area contributed by atoms with Gasteiger partial charge in [0.1, 0.15) is 5.75 Å². The number of hydrogen-bond acceptors (Lipinski definition) is 2. The van der Waals surface area contributed by atoms with E-state index in [1.54, 1.807) is 18.2 Å². The molecule has 4 nitrogen and oxygen atoms in total. The summed E-state index contributed by atoms with van der Waals surface area (Å²) in [5, 5.41) is 2.83. The van der Waals surface area contributed by atoms with Gasteiger partial charge in [-0.3, -0.25) is 4.79 Å². The molecule has 1 amide bonds. The number of aromatic nitrogens is 1. The van der Waals surface area contributed by atoms with Crippen LogP contribution in [-0.2, 0) is 6.54 Å². The highest BCUT2D eigenvalue weighted by Crippen LogP contribution is 2.17. The third-order valence-electron chi connectivity index (χ3n) is 3.96. The molecule has 134 valence electrons. The number of halogens is 2. The zero-order valence-corrected chi connectivity index (χ0v) is 14.2. The number of alkyl halides is 2. The Morgan fingerprint density at radius 3 is 2.46 bits per heavy atom. The van der Waals surface area contributed by atoms with Crippen LogP contribution in [0, 0.1) is 6.92 Å². The molecule has 0 radical (unpaired) electrons. The Morgan fingerprint density at radius 2 is 1.81 bits per heavy atom. The van der Waals surface area contributed by atoms with E-state index in [0.717, 1.165) is 16.8 Å². The molecule has 0 bridgehead atoms. The zero-order chi connectivity index (χ0) is 18.5. The molecule has 0 aliphatic carbocycles. The van der Waals surface area contributed by atoms with E-state index in [2.05, 4.69) is 10.1 Å². The molecule has 2 aromatic carbocycles. The highest BCUT2D eigenvalue weighted by atomic mass is 19.3. The maximum absolute atomic E-state index is 12.4. The SMILES string of the molecule is Cc1ccc(C(=O)NCc2ccc(OC(F)F)cc2)cc1-n1cccc1. The van der Waals surface area contributed by atoms with Crippen LogP contribution in [0.25, 0.3) is 5.69 Å². The van der Waals surface area contributed by atoms with Crippen molar-refractivity contribution in [3.05, 3.63) is 83.7 Å². The standard InChI is InChI=1S/C20H18F2N2O2/c1-14-4-7-16(12-18(14)24-10-2-3-11-24)19(25)23-13-15-5-8-17(9-6-15)26-20(21)22/h2-12,20H,13H2,1H3,(H,23,25). The molecule has 0 fully saturated rings. The fraction of sp³-hybridized carbons (Fsp3) is 0.150. The molecule has 0 atom stereocenters. The largest absolute Gasteiger partial charge is 0.435 e. The van der Waals surface area contributed by atoms with Crippen molar-refractivity contribution < 1.29 is 18.3 Å². The molecule has 0 saturated heterocycles. The summed E-state index contributed by atoms with van der Waals surface area (Å²) in [5.74, 6) is -0.115. The fourth-order valence-electron chi connectivity index (χ4n) is 2.60. The van der Waals surface area contributed by atoms with E-state index in [0.29, 0.717) is 12.1 Å². The van der Waals surface area contributed by atoms with Gasteiger partial charge in [-0.2, -0.15) is 8.78 Å². The number of benzene rings is 2. The van der Waals surface area contributed by atoms with E-state index in [-0.39, 0.29) is 11.7 Å². The monoisotopic (exact) mass is 356 g/mol. The molecular weight excluding hydrogens is 338 g/mol. The van der Waals surface area contributed by atoms with Crippen LogP contribution in [0.5, 0.6) is 5.75 Å². The fourth-order valence-corrected chi connectivity index (χ4v) is 2.60. The third-order valence-corrected chi connectivity index (χ3v) is 3.96. The summed E-state index contributed by atoms with van der Waals surface area (Å²) in [6, 6.07) is 15.5. The van der Waals surface area contributed by atoms with Crippen molar-refractivity contribution in [2.45, 2.75) is 20.1 Å². The molecule has 1 N–H and O–H groups in total. The second kappa shape index (κ2) is 7.82. The highest BCUT2D eigenvalue weighted by Gasteiger charge is 2.09. The molecule has 0 aliphatic heterocycles.